The van der Waals surface area contributed by atoms with Gasteiger partial charge in [-0.05, 0) is 47.0 Å². The first-order chi connectivity index (χ1) is 12.1. The number of aromatic carboxylic acids is 1. The summed E-state index contributed by atoms with van der Waals surface area (Å²) < 4.78 is 5.21. The Bertz CT molecular complexity index is 867. The first kappa shape index (κ1) is 16.6. The highest BCUT2D eigenvalue weighted by Crippen LogP contribution is 2.35. The second-order valence-corrected chi connectivity index (χ2v) is 5.69. The van der Waals surface area contributed by atoms with Crippen LogP contribution in [0.2, 0.25) is 0 Å². The van der Waals surface area contributed by atoms with E-state index in [1.807, 2.05) is 48.5 Å². The van der Waals surface area contributed by atoms with Crippen molar-refractivity contribution in [1.29, 1.82) is 0 Å². The fourth-order valence-corrected chi connectivity index (χ4v) is 2.96. The van der Waals surface area contributed by atoms with E-state index in [1.54, 1.807) is 31.4 Å². The van der Waals surface area contributed by atoms with Gasteiger partial charge in [-0.15, -0.1) is 0 Å². The zero-order valence-corrected chi connectivity index (χ0v) is 13.7. The molecule has 0 heterocycles. The standard InChI is InChI=1S/C21H18O4/c1-25-17-12-8-15(9-13-17)20(14-6-10-16(22)11-7-14)18-4-2-3-5-19(18)21(23)24/h2-13,20,22H,1H3,(H,23,24)/t20-/m1/s1. The third kappa shape index (κ3) is 3.48. The zero-order chi connectivity index (χ0) is 17.8. The van der Waals surface area contributed by atoms with Gasteiger partial charge in [-0.3, -0.25) is 0 Å². The fourth-order valence-electron chi connectivity index (χ4n) is 2.96. The molecule has 126 valence electrons. The zero-order valence-electron chi connectivity index (χ0n) is 13.7. The molecule has 25 heavy (non-hydrogen) atoms. The minimum Gasteiger partial charge on any atom is -0.508 e. The summed E-state index contributed by atoms with van der Waals surface area (Å²) in [6.07, 6.45) is 0. The Labute approximate surface area is 146 Å². The maximum absolute atomic E-state index is 11.7. The van der Waals surface area contributed by atoms with Gasteiger partial charge < -0.3 is 14.9 Å². The third-order valence-electron chi connectivity index (χ3n) is 4.18. The second kappa shape index (κ2) is 7.09. The molecule has 3 aromatic rings. The Kier molecular flexibility index (Phi) is 4.70. The van der Waals surface area contributed by atoms with Crippen molar-refractivity contribution < 1.29 is 19.7 Å². The number of phenols is 1. The van der Waals surface area contributed by atoms with Crippen LogP contribution in [0.5, 0.6) is 11.5 Å². The fraction of sp³-hybridized carbons (Fsp3) is 0.0952. The normalized spacial score (nSPS) is 11.7. The van der Waals surface area contributed by atoms with E-state index in [0.29, 0.717) is 5.56 Å². The van der Waals surface area contributed by atoms with Crippen molar-refractivity contribution >= 4 is 5.97 Å². The molecule has 0 fully saturated rings. The summed E-state index contributed by atoms with van der Waals surface area (Å²) in [5.74, 6) is -0.324. The van der Waals surface area contributed by atoms with Gasteiger partial charge in [0.15, 0.2) is 0 Å². The minimum atomic E-state index is -0.965. The topological polar surface area (TPSA) is 66.8 Å². The largest absolute Gasteiger partial charge is 0.508 e. The molecule has 0 bridgehead atoms. The van der Waals surface area contributed by atoms with Crippen molar-refractivity contribution in [2.45, 2.75) is 5.92 Å². The molecule has 4 heteroatoms. The quantitative estimate of drug-likeness (QED) is 0.684. The molecule has 0 aliphatic carbocycles. The number of carboxylic acid groups (broad SMARTS) is 1. The highest BCUT2D eigenvalue weighted by Gasteiger charge is 2.22. The molecule has 0 unspecified atom stereocenters. The first-order valence-corrected chi connectivity index (χ1v) is 7.85. The van der Waals surface area contributed by atoms with Crippen molar-refractivity contribution in [2.75, 3.05) is 7.11 Å². The number of hydrogen-bond acceptors (Lipinski definition) is 3. The van der Waals surface area contributed by atoms with Crippen molar-refractivity contribution in [3.8, 4) is 11.5 Å². The molecule has 0 saturated carbocycles. The lowest BCUT2D eigenvalue weighted by atomic mass is 9.83. The summed E-state index contributed by atoms with van der Waals surface area (Å²) >= 11 is 0. The van der Waals surface area contributed by atoms with Gasteiger partial charge in [0.05, 0.1) is 12.7 Å². The van der Waals surface area contributed by atoms with Gasteiger partial charge in [0.2, 0.25) is 0 Å². The predicted molar refractivity (Wildman–Crippen MR) is 95.4 cm³/mol. The first-order valence-electron chi connectivity index (χ1n) is 7.85. The lowest BCUT2D eigenvalue weighted by molar-refractivity contribution is 0.0695. The highest BCUT2D eigenvalue weighted by molar-refractivity contribution is 5.90. The maximum atomic E-state index is 11.7. The SMILES string of the molecule is COc1ccc([C@@H](c2ccc(O)cc2)c2ccccc2C(=O)O)cc1. The molecule has 2 N–H and O–H groups in total. The third-order valence-corrected chi connectivity index (χ3v) is 4.18. The van der Waals surface area contributed by atoms with Crippen molar-refractivity contribution in [1.82, 2.24) is 0 Å². The van der Waals surface area contributed by atoms with Crippen LogP contribution in [0, 0.1) is 0 Å². The van der Waals surface area contributed by atoms with Gasteiger partial charge in [0.1, 0.15) is 11.5 Å². The molecule has 0 aliphatic rings. The molecule has 1 atom stereocenters. The number of methoxy groups -OCH3 is 1. The predicted octanol–water partition coefficient (Wildman–Crippen LogP) is 4.28. The van der Waals surface area contributed by atoms with Crippen LogP contribution in [0.25, 0.3) is 0 Å². The molecular formula is C21H18O4. The summed E-state index contributed by atoms with van der Waals surface area (Å²) in [4.78, 5) is 11.7. The summed E-state index contributed by atoms with van der Waals surface area (Å²) in [7, 11) is 1.60. The second-order valence-electron chi connectivity index (χ2n) is 5.69. The van der Waals surface area contributed by atoms with Crippen LogP contribution in [0.1, 0.15) is 33.0 Å². The molecular weight excluding hydrogens is 316 g/mol. The van der Waals surface area contributed by atoms with Crippen molar-refractivity contribution in [3.05, 3.63) is 95.1 Å². The number of hydrogen-bond donors (Lipinski definition) is 2. The Hall–Kier alpha value is -3.27. The van der Waals surface area contributed by atoms with E-state index < -0.39 is 5.97 Å². The summed E-state index contributed by atoms with van der Waals surface area (Å²) in [6.45, 7) is 0. The molecule has 0 aromatic heterocycles. The number of aromatic hydroxyl groups is 1. The van der Waals surface area contributed by atoms with Crippen LogP contribution >= 0.6 is 0 Å². The van der Waals surface area contributed by atoms with Gasteiger partial charge in [0.25, 0.3) is 0 Å². The Morgan fingerprint density at radius 1 is 0.880 bits per heavy atom. The number of carboxylic acids is 1. The molecule has 0 aliphatic heterocycles. The van der Waals surface area contributed by atoms with Crippen LogP contribution in [-0.2, 0) is 0 Å². The van der Waals surface area contributed by atoms with Crippen LogP contribution < -0.4 is 4.74 Å². The van der Waals surface area contributed by atoms with Crippen molar-refractivity contribution in [3.63, 3.8) is 0 Å². The van der Waals surface area contributed by atoms with E-state index in [-0.39, 0.29) is 17.2 Å². The lowest BCUT2D eigenvalue weighted by Crippen LogP contribution is -2.10. The maximum Gasteiger partial charge on any atom is 0.335 e. The lowest BCUT2D eigenvalue weighted by Gasteiger charge is -2.21. The Morgan fingerprint density at radius 2 is 1.44 bits per heavy atom. The summed E-state index contributed by atoms with van der Waals surface area (Å²) in [5, 5.41) is 19.2. The molecule has 3 aromatic carbocycles. The number of ether oxygens (including phenoxy) is 1. The molecule has 3 rings (SSSR count). The van der Waals surface area contributed by atoms with Gasteiger partial charge in [0, 0.05) is 5.92 Å². The Balaban J connectivity index is 2.18. The number of carbonyl (C=O) groups is 1. The van der Waals surface area contributed by atoms with Crippen LogP contribution in [0.15, 0.2) is 72.8 Å². The average molecular weight is 334 g/mol. The molecule has 0 spiro atoms. The van der Waals surface area contributed by atoms with E-state index >= 15 is 0 Å². The van der Waals surface area contributed by atoms with E-state index in [9.17, 15) is 15.0 Å². The van der Waals surface area contributed by atoms with Gasteiger partial charge in [-0.2, -0.15) is 0 Å². The van der Waals surface area contributed by atoms with Crippen LogP contribution in [0.3, 0.4) is 0 Å². The molecule has 0 amide bonds. The molecule has 0 radical (unpaired) electrons. The van der Waals surface area contributed by atoms with Crippen LogP contribution in [0.4, 0.5) is 0 Å². The number of benzene rings is 3. The van der Waals surface area contributed by atoms with Gasteiger partial charge >= 0.3 is 5.97 Å². The van der Waals surface area contributed by atoms with Gasteiger partial charge in [-0.25, -0.2) is 4.79 Å². The van der Waals surface area contributed by atoms with Crippen molar-refractivity contribution in [2.24, 2.45) is 0 Å². The number of phenolic OH excluding ortho intramolecular Hbond substituents is 1. The van der Waals surface area contributed by atoms with E-state index in [2.05, 4.69) is 0 Å². The van der Waals surface area contributed by atoms with Gasteiger partial charge in [-0.1, -0.05) is 42.5 Å². The minimum absolute atomic E-state index is 0.170. The monoisotopic (exact) mass is 334 g/mol. The average Bonchev–Trinajstić information content (AvgIpc) is 2.64. The number of rotatable bonds is 5. The Morgan fingerprint density at radius 3 is 2.00 bits per heavy atom. The summed E-state index contributed by atoms with van der Waals surface area (Å²) in [5.41, 5.74) is 2.80. The van der Waals surface area contributed by atoms with E-state index in [0.717, 1.165) is 16.9 Å². The highest BCUT2D eigenvalue weighted by atomic mass is 16.5. The van der Waals surface area contributed by atoms with E-state index in [1.165, 1.54) is 0 Å². The smallest absolute Gasteiger partial charge is 0.335 e. The van der Waals surface area contributed by atoms with Crippen LogP contribution in [-0.4, -0.2) is 23.3 Å². The van der Waals surface area contributed by atoms with E-state index in [4.69, 9.17) is 4.74 Å². The molecule has 4 nitrogen and oxygen atoms in total. The molecule has 0 saturated heterocycles. The summed E-state index contributed by atoms with van der Waals surface area (Å²) in [6, 6.07) is 21.4.